The zero-order chi connectivity index (χ0) is 25.7. The molecule has 2 aromatic heterocycles. The first-order chi connectivity index (χ1) is 17.9. The van der Waals surface area contributed by atoms with E-state index in [0.717, 1.165) is 44.6 Å². The topological polar surface area (TPSA) is 111 Å². The lowest BCUT2D eigenvalue weighted by Crippen LogP contribution is -2.38. The highest BCUT2D eigenvalue weighted by atomic mass is 35.5. The molecule has 4 N–H and O–H groups in total. The SMILES string of the molecule is Nc1cc(Cl)ccc1C(O)N1CCC(c2c(F)cnc3[nH]c(C4CCN(C(=O)C5CC5)CC4)nc23)CC1. The van der Waals surface area contributed by atoms with E-state index >= 15 is 4.39 Å². The minimum atomic E-state index is -0.838. The van der Waals surface area contributed by atoms with Crippen molar-refractivity contribution >= 4 is 34.4 Å². The normalized spacial score (nSPS) is 21.0. The van der Waals surface area contributed by atoms with Crippen molar-refractivity contribution in [1.29, 1.82) is 0 Å². The Labute approximate surface area is 220 Å². The number of nitrogen functional groups attached to an aromatic ring is 1. The zero-order valence-corrected chi connectivity index (χ0v) is 21.4. The van der Waals surface area contributed by atoms with Gasteiger partial charge in [-0.05, 0) is 56.6 Å². The highest BCUT2D eigenvalue weighted by Crippen LogP contribution is 2.38. The number of piperidine rings is 2. The summed E-state index contributed by atoms with van der Waals surface area (Å²) in [4.78, 5) is 28.8. The van der Waals surface area contributed by atoms with Crippen LogP contribution in [0.3, 0.4) is 0 Å². The predicted octanol–water partition coefficient (Wildman–Crippen LogP) is 4.32. The molecule has 2 aliphatic heterocycles. The molecule has 6 rings (SSSR count). The summed E-state index contributed by atoms with van der Waals surface area (Å²) in [5.74, 6) is 1.22. The second kappa shape index (κ2) is 9.85. The maximum atomic E-state index is 15.1. The number of hydrogen-bond acceptors (Lipinski definition) is 6. The van der Waals surface area contributed by atoms with Crippen molar-refractivity contribution in [1.82, 2.24) is 24.8 Å². The summed E-state index contributed by atoms with van der Waals surface area (Å²) in [7, 11) is 0. The predicted molar refractivity (Wildman–Crippen MR) is 139 cm³/mol. The number of aromatic amines is 1. The number of aromatic nitrogens is 3. The van der Waals surface area contributed by atoms with E-state index in [2.05, 4.69) is 9.97 Å². The van der Waals surface area contributed by atoms with E-state index in [-0.39, 0.29) is 23.6 Å². The van der Waals surface area contributed by atoms with E-state index in [1.807, 2.05) is 9.80 Å². The molecule has 196 valence electrons. The average Bonchev–Trinajstić information content (AvgIpc) is 3.67. The summed E-state index contributed by atoms with van der Waals surface area (Å²) >= 11 is 6.00. The summed E-state index contributed by atoms with van der Waals surface area (Å²) in [5.41, 5.74) is 8.97. The molecule has 8 nitrogen and oxygen atoms in total. The molecule has 0 spiro atoms. The van der Waals surface area contributed by atoms with E-state index in [0.29, 0.717) is 64.8 Å². The second-order valence-corrected chi connectivity index (χ2v) is 11.1. The van der Waals surface area contributed by atoms with Gasteiger partial charge in [0.05, 0.1) is 6.20 Å². The molecule has 0 radical (unpaired) electrons. The summed E-state index contributed by atoms with van der Waals surface area (Å²) in [6.45, 7) is 2.68. The van der Waals surface area contributed by atoms with Gasteiger partial charge in [0.1, 0.15) is 23.4 Å². The molecule has 1 amide bonds. The molecule has 1 aromatic carbocycles. The smallest absolute Gasteiger partial charge is 0.225 e. The second-order valence-electron chi connectivity index (χ2n) is 10.7. The van der Waals surface area contributed by atoms with Crippen molar-refractivity contribution in [3.05, 3.63) is 52.2 Å². The molecule has 0 bridgehead atoms. The Balaban J connectivity index is 1.16. The lowest BCUT2D eigenvalue weighted by molar-refractivity contribution is -0.133. The van der Waals surface area contributed by atoms with Crippen LogP contribution in [0.25, 0.3) is 11.2 Å². The summed E-state index contributed by atoms with van der Waals surface area (Å²) in [6, 6.07) is 5.11. The quantitative estimate of drug-likeness (QED) is 0.427. The number of benzene rings is 1. The third-order valence-corrected chi connectivity index (χ3v) is 8.49. The van der Waals surface area contributed by atoms with Crippen molar-refractivity contribution in [2.75, 3.05) is 31.9 Å². The number of aliphatic hydroxyl groups is 1. The Hall–Kier alpha value is -2.75. The summed E-state index contributed by atoms with van der Waals surface area (Å²) in [6.07, 6.45) is 5.56. The molecule has 10 heteroatoms. The van der Waals surface area contributed by atoms with Gasteiger partial charge in [0, 0.05) is 59.9 Å². The van der Waals surface area contributed by atoms with Crippen LogP contribution in [0.2, 0.25) is 5.02 Å². The van der Waals surface area contributed by atoms with Crippen LogP contribution in [0.4, 0.5) is 10.1 Å². The monoisotopic (exact) mass is 526 g/mol. The van der Waals surface area contributed by atoms with E-state index < -0.39 is 6.23 Å². The van der Waals surface area contributed by atoms with E-state index in [1.165, 1.54) is 6.20 Å². The van der Waals surface area contributed by atoms with Gasteiger partial charge in [0.15, 0.2) is 5.65 Å². The van der Waals surface area contributed by atoms with Gasteiger partial charge in [0.2, 0.25) is 5.91 Å². The fraction of sp³-hybridized carbons (Fsp3) is 0.519. The Bertz CT molecular complexity index is 1310. The van der Waals surface area contributed by atoms with Crippen LogP contribution in [0.5, 0.6) is 0 Å². The van der Waals surface area contributed by atoms with Gasteiger partial charge in [0.25, 0.3) is 0 Å². The van der Waals surface area contributed by atoms with Crippen LogP contribution >= 0.6 is 11.6 Å². The number of fused-ring (bicyclic) bond motifs is 1. The third kappa shape index (κ3) is 4.80. The number of aliphatic hydroxyl groups excluding tert-OH is 1. The van der Waals surface area contributed by atoms with Crippen molar-refractivity contribution in [2.24, 2.45) is 5.92 Å². The molecular formula is C27H32ClFN6O2. The Morgan fingerprint density at radius 1 is 1.11 bits per heavy atom. The van der Waals surface area contributed by atoms with Crippen LogP contribution < -0.4 is 5.73 Å². The highest BCUT2D eigenvalue weighted by molar-refractivity contribution is 6.30. The number of imidazole rings is 1. The zero-order valence-electron chi connectivity index (χ0n) is 20.7. The average molecular weight is 527 g/mol. The number of rotatable bonds is 5. The molecule has 1 atom stereocenters. The molecule has 2 saturated heterocycles. The number of nitrogens with two attached hydrogens (primary N) is 1. The number of likely N-dealkylation sites (tertiary alicyclic amines) is 2. The number of H-pyrrole nitrogens is 1. The Morgan fingerprint density at radius 3 is 2.49 bits per heavy atom. The van der Waals surface area contributed by atoms with Gasteiger partial charge in [-0.15, -0.1) is 0 Å². The van der Waals surface area contributed by atoms with E-state index in [4.69, 9.17) is 22.3 Å². The Morgan fingerprint density at radius 2 is 1.81 bits per heavy atom. The number of pyridine rings is 1. The molecule has 3 aliphatic rings. The molecule has 1 aliphatic carbocycles. The molecular weight excluding hydrogens is 495 g/mol. The van der Waals surface area contributed by atoms with Gasteiger partial charge < -0.3 is 20.7 Å². The lowest BCUT2D eigenvalue weighted by Gasteiger charge is -2.35. The molecule has 37 heavy (non-hydrogen) atoms. The highest BCUT2D eigenvalue weighted by Gasteiger charge is 2.36. The van der Waals surface area contributed by atoms with Crippen LogP contribution in [-0.2, 0) is 4.79 Å². The van der Waals surface area contributed by atoms with Gasteiger partial charge in [-0.1, -0.05) is 17.7 Å². The standard InChI is InChI=1S/C27H32ClFN6O2/c28-18-3-4-19(21(30)13-18)27(37)35-9-5-15(6-10-35)22-20(29)14-31-25-23(22)32-24(33-25)16-7-11-34(12-8-16)26(36)17-1-2-17/h3-4,13-17,27,37H,1-2,5-12,30H2,(H,31,32,33). The number of hydrogen-bond donors (Lipinski definition) is 3. The van der Waals surface area contributed by atoms with Crippen molar-refractivity contribution in [3.63, 3.8) is 0 Å². The van der Waals surface area contributed by atoms with E-state index in [1.54, 1.807) is 18.2 Å². The largest absolute Gasteiger partial charge is 0.398 e. The van der Waals surface area contributed by atoms with Crippen LogP contribution in [0.1, 0.15) is 73.5 Å². The van der Waals surface area contributed by atoms with Crippen molar-refractivity contribution < 1.29 is 14.3 Å². The first-order valence-electron chi connectivity index (χ1n) is 13.2. The van der Waals surface area contributed by atoms with Gasteiger partial charge in [-0.2, -0.15) is 0 Å². The molecule has 1 unspecified atom stereocenters. The number of amides is 1. The van der Waals surface area contributed by atoms with Gasteiger partial charge in [-0.25, -0.2) is 14.4 Å². The first kappa shape index (κ1) is 24.6. The van der Waals surface area contributed by atoms with Crippen molar-refractivity contribution in [2.45, 2.75) is 56.6 Å². The minimum Gasteiger partial charge on any atom is -0.398 e. The lowest BCUT2D eigenvalue weighted by atomic mass is 9.88. The summed E-state index contributed by atoms with van der Waals surface area (Å²) < 4.78 is 15.1. The number of carbonyl (C=O) groups excluding carboxylic acids is 1. The number of nitrogens with one attached hydrogen (secondary N) is 1. The van der Waals surface area contributed by atoms with Crippen LogP contribution in [0, 0.1) is 11.7 Å². The fourth-order valence-electron chi connectivity index (χ4n) is 5.92. The summed E-state index contributed by atoms with van der Waals surface area (Å²) in [5, 5.41) is 11.4. The Kier molecular flexibility index (Phi) is 6.54. The maximum absolute atomic E-state index is 15.1. The number of nitrogens with zero attached hydrogens (tertiary/aromatic N) is 4. The number of carbonyl (C=O) groups is 1. The number of anilines is 1. The first-order valence-corrected chi connectivity index (χ1v) is 13.6. The molecule has 1 saturated carbocycles. The van der Waals surface area contributed by atoms with E-state index in [9.17, 15) is 9.90 Å². The fourth-order valence-corrected chi connectivity index (χ4v) is 6.10. The maximum Gasteiger partial charge on any atom is 0.225 e. The minimum absolute atomic E-state index is 0.0225. The van der Waals surface area contributed by atoms with Crippen LogP contribution in [-0.4, -0.2) is 61.9 Å². The van der Waals surface area contributed by atoms with Gasteiger partial charge >= 0.3 is 0 Å². The number of halogens is 2. The molecule has 4 heterocycles. The molecule has 3 aromatic rings. The van der Waals surface area contributed by atoms with Gasteiger partial charge in [-0.3, -0.25) is 9.69 Å². The molecule has 3 fully saturated rings. The van der Waals surface area contributed by atoms with Crippen molar-refractivity contribution in [3.8, 4) is 0 Å². The van der Waals surface area contributed by atoms with Crippen LogP contribution in [0.15, 0.2) is 24.4 Å². The third-order valence-electron chi connectivity index (χ3n) is 8.25.